The normalized spacial score (nSPS) is 18.2. The largest absolute Gasteiger partial charge is 0.396 e. The lowest BCUT2D eigenvalue weighted by Gasteiger charge is -2.32. The molecule has 0 bridgehead atoms. The highest BCUT2D eigenvalue weighted by atomic mass is 35.5. The van der Waals surface area contributed by atoms with Crippen LogP contribution in [0.15, 0.2) is 35.1 Å². The number of piperidine rings is 1. The molecular formula is C17H19ClN2O3. The molecule has 1 saturated heterocycles. The fourth-order valence-electron chi connectivity index (χ4n) is 3.07. The lowest BCUT2D eigenvalue weighted by atomic mass is 9.94. The number of carbonyl (C=O) groups is 1. The van der Waals surface area contributed by atoms with E-state index in [-0.39, 0.29) is 12.5 Å². The Morgan fingerprint density at radius 1 is 1.43 bits per heavy atom. The molecule has 1 fully saturated rings. The van der Waals surface area contributed by atoms with Gasteiger partial charge in [-0.2, -0.15) is 0 Å². The number of aromatic nitrogens is 1. The summed E-state index contributed by atoms with van der Waals surface area (Å²) in [7, 11) is 0. The summed E-state index contributed by atoms with van der Waals surface area (Å²) in [6.07, 6.45) is 4.11. The molecule has 0 radical (unpaired) electrons. The molecule has 23 heavy (non-hydrogen) atoms. The van der Waals surface area contributed by atoms with Gasteiger partial charge in [0.2, 0.25) is 0 Å². The minimum atomic E-state index is -0.0937. The zero-order chi connectivity index (χ0) is 16.2. The average molecular weight is 335 g/mol. The molecule has 0 spiro atoms. The van der Waals surface area contributed by atoms with Crippen molar-refractivity contribution in [1.82, 2.24) is 10.1 Å². The highest BCUT2D eigenvalue weighted by Gasteiger charge is 2.28. The molecule has 2 heterocycles. The quantitative estimate of drug-likeness (QED) is 0.932. The summed E-state index contributed by atoms with van der Waals surface area (Å²) in [6, 6.07) is 7.26. The molecule has 2 aromatic rings. The van der Waals surface area contributed by atoms with E-state index in [1.807, 2.05) is 23.1 Å². The zero-order valence-corrected chi connectivity index (χ0v) is 13.5. The third-order valence-corrected chi connectivity index (χ3v) is 4.60. The Labute approximate surface area is 139 Å². The van der Waals surface area contributed by atoms with Crippen molar-refractivity contribution in [2.24, 2.45) is 5.92 Å². The van der Waals surface area contributed by atoms with Crippen LogP contribution in [0.25, 0.3) is 11.3 Å². The van der Waals surface area contributed by atoms with Crippen LogP contribution in [-0.2, 0) is 0 Å². The van der Waals surface area contributed by atoms with Crippen LogP contribution in [0, 0.1) is 5.92 Å². The molecule has 1 aromatic carbocycles. The maximum Gasteiger partial charge on any atom is 0.259 e. The van der Waals surface area contributed by atoms with E-state index in [0.29, 0.717) is 40.9 Å². The maximum atomic E-state index is 12.8. The van der Waals surface area contributed by atoms with E-state index in [4.69, 9.17) is 21.2 Å². The van der Waals surface area contributed by atoms with E-state index >= 15 is 0 Å². The molecule has 1 aliphatic heterocycles. The number of nitrogens with zero attached hydrogens (tertiary/aromatic N) is 2. The third-order valence-electron chi connectivity index (χ3n) is 4.27. The lowest BCUT2D eigenvalue weighted by Crippen LogP contribution is -2.40. The van der Waals surface area contributed by atoms with Crippen molar-refractivity contribution < 1.29 is 14.4 Å². The van der Waals surface area contributed by atoms with Crippen LogP contribution in [0.2, 0.25) is 5.02 Å². The topological polar surface area (TPSA) is 66.6 Å². The van der Waals surface area contributed by atoms with Gasteiger partial charge in [0, 0.05) is 25.3 Å². The van der Waals surface area contributed by atoms with Crippen LogP contribution in [-0.4, -0.2) is 40.8 Å². The molecule has 1 atom stereocenters. The second-order valence-electron chi connectivity index (χ2n) is 5.83. The summed E-state index contributed by atoms with van der Waals surface area (Å²) in [4.78, 5) is 14.7. The van der Waals surface area contributed by atoms with Crippen molar-refractivity contribution in [3.63, 3.8) is 0 Å². The maximum absolute atomic E-state index is 12.8. The summed E-state index contributed by atoms with van der Waals surface area (Å²) < 4.78 is 5.05. The van der Waals surface area contributed by atoms with E-state index in [2.05, 4.69) is 5.16 Å². The Bertz CT molecular complexity index is 684. The molecule has 6 heteroatoms. The number of rotatable bonds is 4. The van der Waals surface area contributed by atoms with E-state index in [9.17, 15) is 4.79 Å². The van der Waals surface area contributed by atoms with Gasteiger partial charge in [-0.3, -0.25) is 4.79 Å². The number of hydrogen-bond donors (Lipinski definition) is 1. The van der Waals surface area contributed by atoms with Gasteiger partial charge in [0.25, 0.3) is 5.91 Å². The number of likely N-dealkylation sites (tertiary alicyclic amines) is 1. The number of aliphatic hydroxyl groups is 1. The number of halogens is 1. The van der Waals surface area contributed by atoms with Crippen LogP contribution >= 0.6 is 11.6 Å². The van der Waals surface area contributed by atoms with Gasteiger partial charge in [-0.05, 0) is 31.2 Å². The smallest absolute Gasteiger partial charge is 0.259 e. The Hall–Kier alpha value is -1.85. The van der Waals surface area contributed by atoms with Crippen molar-refractivity contribution >= 4 is 17.5 Å². The fraction of sp³-hybridized carbons (Fsp3) is 0.412. The predicted octanol–water partition coefficient (Wildman–Crippen LogP) is 3.23. The molecular weight excluding hydrogens is 316 g/mol. The molecule has 5 nitrogen and oxygen atoms in total. The minimum absolute atomic E-state index is 0.0937. The van der Waals surface area contributed by atoms with Gasteiger partial charge in [0.05, 0.1) is 5.02 Å². The lowest BCUT2D eigenvalue weighted by molar-refractivity contribution is 0.0653. The van der Waals surface area contributed by atoms with E-state index in [1.165, 1.54) is 6.26 Å². The fourth-order valence-corrected chi connectivity index (χ4v) is 3.30. The van der Waals surface area contributed by atoms with Crippen LogP contribution in [0.1, 0.15) is 29.6 Å². The standard InChI is InChI=1S/C17H19ClN2O3/c18-15-6-2-1-5-13(15)16-14(11-23-19-16)17(22)20-8-3-4-12(10-20)7-9-21/h1-2,5-6,11-12,21H,3-4,7-10H2. The molecule has 1 unspecified atom stereocenters. The first-order valence-electron chi connectivity index (χ1n) is 7.80. The first-order valence-corrected chi connectivity index (χ1v) is 8.18. The first-order chi connectivity index (χ1) is 11.2. The Kier molecular flexibility index (Phi) is 4.98. The molecule has 3 rings (SSSR count). The average Bonchev–Trinajstić information content (AvgIpc) is 3.04. The predicted molar refractivity (Wildman–Crippen MR) is 87.3 cm³/mol. The van der Waals surface area contributed by atoms with Crippen molar-refractivity contribution in [3.05, 3.63) is 41.1 Å². The van der Waals surface area contributed by atoms with Crippen LogP contribution < -0.4 is 0 Å². The van der Waals surface area contributed by atoms with Crippen LogP contribution in [0.4, 0.5) is 0 Å². The number of aliphatic hydroxyl groups excluding tert-OH is 1. The molecule has 1 aromatic heterocycles. The molecule has 0 aliphatic carbocycles. The highest BCUT2D eigenvalue weighted by molar-refractivity contribution is 6.33. The number of hydrogen-bond acceptors (Lipinski definition) is 4. The summed E-state index contributed by atoms with van der Waals surface area (Å²) in [6.45, 7) is 1.53. The molecule has 1 aliphatic rings. The van der Waals surface area contributed by atoms with Crippen molar-refractivity contribution in [3.8, 4) is 11.3 Å². The van der Waals surface area contributed by atoms with E-state index in [1.54, 1.807) is 6.07 Å². The summed E-state index contributed by atoms with van der Waals surface area (Å²) >= 11 is 6.21. The first kappa shape index (κ1) is 16.0. The highest BCUT2D eigenvalue weighted by Crippen LogP contribution is 2.30. The SMILES string of the molecule is O=C(c1conc1-c1ccccc1Cl)N1CCCC(CCO)C1. The van der Waals surface area contributed by atoms with E-state index in [0.717, 1.165) is 19.3 Å². The van der Waals surface area contributed by atoms with E-state index < -0.39 is 0 Å². The Morgan fingerprint density at radius 3 is 3.04 bits per heavy atom. The second kappa shape index (κ2) is 7.15. The molecule has 122 valence electrons. The molecule has 1 amide bonds. The van der Waals surface area contributed by atoms with Gasteiger partial charge in [0.1, 0.15) is 17.5 Å². The van der Waals surface area contributed by atoms with Gasteiger partial charge in [-0.1, -0.05) is 35.0 Å². The van der Waals surface area contributed by atoms with Gasteiger partial charge in [-0.25, -0.2) is 0 Å². The Morgan fingerprint density at radius 2 is 2.26 bits per heavy atom. The van der Waals surface area contributed by atoms with Crippen molar-refractivity contribution in [1.29, 1.82) is 0 Å². The summed E-state index contributed by atoms with van der Waals surface area (Å²) in [5.74, 6) is 0.255. The third kappa shape index (κ3) is 3.41. The summed E-state index contributed by atoms with van der Waals surface area (Å²) in [5.41, 5.74) is 1.60. The van der Waals surface area contributed by atoms with Crippen molar-refractivity contribution in [2.75, 3.05) is 19.7 Å². The van der Waals surface area contributed by atoms with Crippen molar-refractivity contribution in [2.45, 2.75) is 19.3 Å². The van der Waals surface area contributed by atoms with Gasteiger partial charge >= 0.3 is 0 Å². The van der Waals surface area contributed by atoms with Gasteiger partial charge in [0.15, 0.2) is 0 Å². The number of amides is 1. The zero-order valence-electron chi connectivity index (χ0n) is 12.7. The monoisotopic (exact) mass is 334 g/mol. The minimum Gasteiger partial charge on any atom is -0.396 e. The second-order valence-corrected chi connectivity index (χ2v) is 6.24. The van der Waals surface area contributed by atoms with Crippen LogP contribution in [0.5, 0.6) is 0 Å². The number of benzene rings is 1. The Balaban J connectivity index is 1.84. The van der Waals surface area contributed by atoms with Crippen LogP contribution in [0.3, 0.4) is 0 Å². The van der Waals surface area contributed by atoms with Gasteiger partial charge < -0.3 is 14.5 Å². The number of carbonyl (C=O) groups excluding carboxylic acids is 1. The van der Waals surface area contributed by atoms with Gasteiger partial charge in [-0.15, -0.1) is 0 Å². The summed E-state index contributed by atoms with van der Waals surface area (Å²) in [5, 5.41) is 13.6. The molecule has 0 saturated carbocycles. The molecule has 1 N–H and O–H groups in total.